The van der Waals surface area contributed by atoms with Crippen molar-refractivity contribution in [2.24, 2.45) is 0 Å². The van der Waals surface area contributed by atoms with Crippen LogP contribution in [0.15, 0.2) is 90.0 Å². The van der Waals surface area contributed by atoms with Crippen LogP contribution in [0.5, 0.6) is 0 Å². The lowest BCUT2D eigenvalue weighted by atomic mass is 10.2. The summed E-state index contributed by atoms with van der Waals surface area (Å²) in [4.78, 5) is 16.8. The summed E-state index contributed by atoms with van der Waals surface area (Å²) in [6.07, 6.45) is 1.89. The third-order valence-electron chi connectivity index (χ3n) is 4.63. The van der Waals surface area contributed by atoms with E-state index in [0.717, 1.165) is 32.9 Å². The van der Waals surface area contributed by atoms with Crippen molar-refractivity contribution in [3.05, 3.63) is 85.1 Å². The van der Waals surface area contributed by atoms with Gasteiger partial charge in [-0.2, -0.15) is 0 Å². The van der Waals surface area contributed by atoms with Gasteiger partial charge < -0.3 is 20.9 Å². The Morgan fingerprint density at radius 3 is 2.45 bits per heavy atom. The van der Waals surface area contributed by atoms with Gasteiger partial charge in [0.05, 0.1) is 5.25 Å². The standard InChI is InChI=1S/C24H22N4OS2/c1-16(23(29)26-20-11-10-17-12-13-25-22(17)15-20)31-21-9-5-8-19(14-21)28-24(30)27-18-6-3-2-4-7-18/h2-16,25H,1H3,(H,26,29)(H2,27,28,30). The molecule has 4 rings (SSSR count). The van der Waals surface area contributed by atoms with Gasteiger partial charge in [-0.05, 0) is 73.1 Å². The fourth-order valence-electron chi connectivity index (χ4n) is 3.09. The van der Waals surface area contributed by atoms with Crippen molar-refractivity contribution < 1.29 is 4.79 Å². The second-order valence-corrected chi connectivity index (χ2v) is 8.82. The van der Waals surface area contributed by atoms with Crippen molar-refractivity contribution in [3.63, 3.8) is 0 Å². The number of rotatable bonds is 6. The number of H-pyrrole nitrogens is 1. The molecule has 3 aromatic carbocycles. The number of aromatic amines is 1. The lowest BCUT2D eigenvalue weighted by molar-refractivity contribution is -0.115. The highest BCUT2D eigenvalue weighted by Crippen LogP contribution is 2.27. The molecule has 0 aliphatic rings. The minimum absolute atomic E-state index is 0.0458. The number of anilines is 3. The van der Waals surface area contributed by atoms with Crippen molar-refractivity contribution in [1.82, 2.24) is 4.98 Å². The summed E-state index contributed by atoms with van der Waals surface area (Å²) in [5.41, 5.74) is 3.56. The van der Waals surface area contributed by atoms with E-state index in [9.17, 15) is 4.79 Å². The molecule has 156 valence electrons. The van der Waals surface area contributed by atoms with Gasteiger partial charge >= 0.3 is 0 Å². The number of fused-ring (bicyclic) bond motifs is 1. The molecule has 1 aromatic heterocycles. The average Bonchev–Trinajstić information content (AvgIpc) is 3.22. The number of aromatic nitrogens is 1. The van der Waals surface area contributed by atoms with E-state index in [0.29, 0.717) is 5.11 Å². The maximum atomic E-state index is 12.7. The minimum atomic E-state index is -0.260. The molecule has 0 aliphatic carbocycles. The highest BCUT2D eigenvalue weighted by Gasteiger charge is 2.15. The first kappa shape index (κ1) is 21.0. The molecule has 31 heavy (non-hydrogen) atoms. The van der Waals surface area contributed by atoms with Gasteiger partial charge in [0.1, 0.15) is 0 Å². The summed E-state index contributed by atoms with van der Waals surface area (Å²) in [5, 5.41) is 10.7. The number of thiocarbonyl (C=S) groups is 1. The van der Waals surface area contributed by atoms with Gasteiger partial charge in [0.25, 0.3) is 0 Å². The monoisotopic (exact) mass is 446 g/mol. The van der Waals surface area contributed by atoms with Gasteiger partial charge in [-0.25, -0.2) is 0 Å². The molecule has 1 heterocycles. The lowest BCUT2D eigenvalue weighted by Gasteiger charge is -2.14. The van der Waals surface area contributed by atoms with E-state index in [2.05, 4.69) is 20.9 Å². The number of nitrogens with one attached hydrogen (secondary N) is 4. The molecule has 1 atom stereocenters. The number of thioether (sulfide) groups is 1. The quantitative estimate of drug-likeness (QED) is 0.213. The molecular formula is C24H22N4OS2. The van der Waals surface area contributed by atoms with Crippen LogP contribution in [0, 0.1) is 0 Å². The van der Waals surface area contributed by atoms with Crippen LogP contribution in [0.4, 0.5) is 17.1 Å². The molecule has 1 amide bonds. The fraction of sp³-hybridized carbons (Fsp3) is 0.0833. The Labute approximate surface area is 190 Å². The van der Waals surface area contributed by atoms with Crippen LogP contribution >= 0.6 is 24.0 Å². The number of hydrogen-bond donors (Lipinski definition) is 4. The number of hydrogen-bond acceptors (Lipinski definition) is 3. The van der Waals surface area contributed by atoms with E-state index in [1.807, 2.05) is 92.0 Å². The highest BCUT2D eigenvalue weighted by atomic mass is 32.2. The molecular weight excluding hydrogens is 424 g/mol. The van der Waals surface area contributed by atoms with Gasteiger partial charge in [-0.15, -0.1) is 11.8 Å². The molecule has 5 nitrogen and oxygen atoms in total. The molecule has 1 unspecified atom stereocenters. The number of carbonyl (C=O) groups is 1. The zero-order valence-corrected chi connectivity index (χ0v) is 18.5. The van der Waals surface area contributed by atoms with Crippen LogP contribution in [-0.4, -0.2) is 21.3 Å². The molecule has 7 heteroatoms. The van der Waals surface area contributed by atoms with Crippen molar-refractivity contribution in [2.45, 2.75) is 17.1 Å². The lowest BCUT2D eigenvalue weighted by Crippen LogP contribution is -2.22. The summed E-state index contributed by atoms with van der Waals surface area (Å²) < 4.78 is 0. The van der Waals surface area contributed by atoms with E-state index >= 15 is 0 Å². The van der Waals surface area contributed by atoms with Crippen molar-refractivity contribution in [2.75, 3.05) is 16.0 Å². The second kappa shape index (κ2) is 9.68. The first-order chi connectivity index (χ1) is 15.1. The number of amides is 1. The van der Waals surface area contributed by atoms with Crippen LogP contribution in [0.1, 0.15) is 6.92 Å². The molecule has 0 aliphatic heterocycles. The van der Waals surface area contributed by atoms with Crippen LogP contribution in [-0.2, 0) is 4.79 Å². The van der Waals surface area contributed by atoms with Gasteiger partial charge in [0.15, 0.2) is 5.11 Å². The number of carbonyl (C=O) groups excluding carboxylic acids is 1. The van der Waals surface area contributed by atoms with Crippen molar-refractivity contribution in [3.8, 4) is 0 Å². The molecule has 0 saturated heterocycles. The van der Waals surface area contributed by atoms with Gasteiger partial charge in [0.2, 0.25) is 5.91 Å². The second-order valence-electron chi connectivity index (χ2n) is 7.00. The topological polar surface area (TPSA) is 68.9 Å². The summed E-state index contributed by atoms with van der Waals surface area (Å²) in [6.45, 7) is 1.90. The van der Waals surface area contributed by atoms with Crippen LogP contribution < -0.4 is 16.0 Å². The summed E-state index contributed by atoms with van der Waals surface area (Å²) in [5.74, 6) is -0.0458. The zero-order valence-electron chi connectivity index (χ0n) is 16.9. The van der Waals surface area contributed by atoms with Crippen molar-refractivity contribution in [1.29, 1.82) is 0 Å². The Morgan fingerprint density at radius 1 is 0.871 bits per heavy atom. The van der Waals surface area contributed by atoms with E-state index < -0.39 is 0 Å². The van der Waals surface area contributed by atoms with E-state index in [-0.39, 0.29) is 11.2 Å². The summed E-state index contributed by atoms with van der Waals surface area (Å²) >= 11 is 6.89. The number of para-hydroxylation sites is 1. The Morgan fingerprint density at radius 2 is 1.61 bits per heavy atom. The maximum Gasteiger partial charge on any atom is 0.237 e. The van der Waals surface area contributed by atoms with Crippen LogP contribution in [0.2, 0.25) is 0 Å². The summed E-state index contributed by atoms with van der Waals surface area (Å²) in [7, 11) is 0. The van der Waals surface area contributed by atoms with E-state index in [1.165, 1.54) is 11.8 Å². The smallest absolute Gasteiger partial charge is 0.237 e. The molecule has 0 spiro atoms. The Kier molecular flexibility index (Phi) is 6.54. The predicted octanol–water partition coefficient (Wildman–Crippen LogP) is 6.10. The number of benzene rings is 3. The molecule has 0 saturated carbocycles. The van der Waals surface area contributed by atoms with Gasteiger partial charge in [-0.1, -0.05) is 30.3 Å². The third kappa shape index (κ3) is 5.65. The molecule has 4 N–H and O–H groups in total. The fourth-order valence-corrected chi connectivity index (χ4v) is 4.25. The molecule has 0 fully saturated rings. The molecule has 0 bridgehead atoms. The minimum Gasteiger partial charge on any atom is -0.361 e. The average molecular weight is 447 g/mol. The first-order valence-electron chi connectivity index (χ1n) is 9.84. The predicted molar refractivity (Wildman–Crippen MR) is 135 cm³/mol. The van der Waals surface area contributed by atoms with Crippen molar-refractivity contribution >= 4 is 63.0 Å². The highest BCUT2D eigenvalue weighted by molar-refractivity contribution is 8.00. The molecule has 0 radical (unpaired) electrons. The van der Waals surface area contributed by atoms with Crippen LogP contribution in [0.25, 0.3) is 10.9 Å². The first-order valence-corrected chi connectivity index (χ1v) is 11.1. The maximum absolute atomic E-state index is 12.7. The van der Waals surface area contributed by atoms with Gasteiger partial charge in [-0.3, -0.25) is 4.79 Å². The Hall–Kier alpha value is -3.29. The third-order valence-corrected chi connectivity index (χ3v) is 5.93. The SMILES string of the molecule is CC(Sc1cccc(NC(=S)Nc2ccccc2)c1)C(=O)Nc1ccc2cc[nH]c2c1. The van der Waals surface area contributed by atoms with Gasteiger partial charge in [0, 0.05) is 33.7 Å². The Bertz CT molecular complexity index is 1210. The van der Waals surface area contributed by atoms with E-state index in [1.54, 1.807) is 0 Å². The summed E-state index contributed by atoms with van der Waals surface area (Å²) in [6, 6.07) is 25.5. The largest absolute Gasteiger partial charge is 0.361 e. The van der Waals surface area contributed by atoms with Crippen LogP contribution in [0.3, 0.4) is 0 Å². The normalized spacial score (nSPS) is 11.6. The molecule has 4 aromatic rings. The Balaban J connectivity index is 1.34. The zero-order chi connectivity index (χ0) is 21.6. The van der Waals surface area contributed by atoms with E-state index in [4.69, 9.17) is 12.2 Å².